The van der Waals surface area contributed by atoms with Gasteiger partial charge in [0.05, 0.1) is 0 Å². The molecule has 0 atom stereocenters. The standard InChI is InChI=1S/C12H16N4.4H2O/c13-10-4-1-8(2-5-10)9-3-6-11(14)12(15,16)7-9;;;;/h1-6H,7,13-16H2;4*1H2. The molecule has 1 aromatic carbocycles. The maximum absolute atomic E-state index is 5.90. The Morgan fingerprint density at radius 1 is 0.800 bits per heavy atom. The molecule has 0 saturated heterocycles. The minimum absolute atomic E-state index is 0. The van der Waals surface area contributed by atoms with E-state index in [2.05, 4.69) is 0 Å². The molecule has 0 radical (unpaired) electrons. The van der Waals surface area contributed by atoms with Crippen LogP contribution in [-0.2, 0) is 0 Å². The first-order valence-corrected chi connectivity index (χ1v) is 5.09. The second-order valence-electron chi connectivity index (χ2n) is 4.15. The summed E-state index contributed by atoms with van der Waals surface area (Å²) in [5.41, 5.74) is 25.6. The molecule has 0 amide bonds. The molecule has 0 aliphatic heterocycles. The van der Waals surface area contributed by atoms with Gasteiger partial charge in [0, 0.05) is 17.8 Å². The van der Waals surface area contributed by atoms with Crippen molar-refractivity contribution in [1.82, 2.24) is 0 Å². The summed E-state index contributed by atoms with van der Waals surface area (Å²) in [6, 6.07) is 7.61. The van der Waals surface area contributed by atoms with E-state index in [1.165, 1.54) is 0 Å². The van der Waals surface area contributed by atoms with E-state index in [1.807, 2.05) is 30.3 Å². The first kappa shape index (κ1) is 23.2. The molecule has 8 heteroatoms. The lowest BCUT2D eigenvalue weighted by atomic mass is 9.89. The van der Waals surface area contributed by atoms with Crippen molar-refractivity contribution in [3.05, 3.63) is 47.7 Å². The van der Waals surface area contributed by atoms with Crippen LogP contribution in [0.3, 0.4) is 0 Å². The fourth-order valence-electron chi connectivity index (χ4n) is 1.72. The van der Waals surface area contributed by atoms with E-state index in [1.54, 1.807) is 6.08 Å². The van der Waals surface area contributed by atoms with E-state index in [0.717, 1.165) is 16.8 Å². The highest BCUT2D eigenvalue weighted by Gasteiger charge is 2.26. The van der Waals surface area contributed by atoms with Crippen LogP contribution >= 0.6 is 0 Å². The van der Waals surface area contributed by atoms with Crippen molar-refractivity contribution in [2.75, 3.05) is 5.73 Å². The smallest absolute Gasteiger partial charge is 0.109 e. The van der Waals surface area contributed by atoms with Gasteiger partial charge in [-0.25, -0.2) is 0 Å². The minimum Gasteiger partial charge on any atom is -0.412 e. The Labute approximate surface area is 117 Å². The first-order chi connectivity index (χ1) is 7.49. The maximum atomic E-state index is 5.90. The quantitative estimate of drug-likeness (QED) is 0.317. The van der Waals surface area contributed by atoms with Crippen LogP contribution in [0.2, 0.25) is 0 Å². The lowest BCUT2D eigenvalue weighted by molar-refractivity contribution is 0.523. The monoisotopic (exact) mass is 288 g/mol. The Hall–Kier alpha value is -1.94. The van der Waals surface area contributed by atoms with E-state index in [0.29, 0.717) is 12.1 Å². The molecule has 0 aromatic heterocycles. The van der Waals surface area contributed by atoms with Crippen molar-refractivity contribution in [1.29, 1.82) is 0 Å². The van der Waals surface area contributed by atoms with E-state index >= 15 is 0 Å². The average Bonchev–Trinajstić information content (AvgIpc) is 2.23. The second-order valence-corrected chi connectivity index (χ2v) is 4.15. The molecule has 116 valence electrons. The summed E-state index contributed by atoms with van der Waals surface area (Å²) < 4.78 is 0. The van der Waals surface area contributed by atoms with Gasteiger partial charge in [-0.2, -0.15) is 0 Å². The highest BCUT2D eigenvalue weighted by atomic mass is 16.0. The first-order valence-electron chi connectivity index (χ1n) is 5.09. The number of benzene rings is 1. The van der Waals surface area contributed by atoms with Gasteiger partial charge in [-0.05, 0) is 29.3 Å². The summed E-state index contributed by atoms with van der Waals surface area (Å²) in [7, 11) is 0. The van der Waals surface area contributed by atoms with Crippen molar-refractivity contribution < 1.29 is 21.9 Å². The molecule has 0 bridgehead atoms. The summed E-state index contributed by atoms with van der Waals surface area (Å²) in [6.45, 7) is 0. The van der Waals surface area contributed by atoms with Crippen molar-refractivity contribution >= 4 is 11.3 Å². The maximum Gasteiger partial charge on any atom is 0.109 e. The predicted octanol–water partition coefficient (Wildman–Crippen LogP) is -2.79. The van der Waals surface area contributed by atoms with Gasteiger partial charge >= 0.3 is 0 Å². The van der Waals surface area contributed by atoms with Gasteiger partial charge in [0.15, 0.2) is 0 Å². The Bertz CT molecular complexity index is 469. The molecule has 1 aliphatic rings. The van der Waals surface area contributed by atoms with Gasteiger partial charge < -0.3 is 44.8 Å². The van der Waals surface area contributed by atoms with Crippen LogP contribution in [0.1, 0.15) is 12.0 Å². The van der Waals surface area contributed by atoms with E-state index in [-0.39, 0.29) is 21.9 Å². The summed E-state index contributed by atoms with van der Waals surface area (Å²) in [5.74, 6) is 0. The Morgan fingerprint density at radius 3 is 1.75 bits per heavy atom. The molecule has 8 nitrogen and oxygen atoms in total. The number of hydrogen-bond donors (Lipinski definition) is 4. The highest BCUT2D eigenvalue weighted by Crippen LogP contribution is 2.28. The van der Waals surface area contributed by atoms with Gasteiger partial charge in [0.1, 0.15) is 5.66 Å². The largest absolute Gasteiger partial charge is 0.412 e. The predicted molar refractivity (Wildman–Crippen MR) is 81.3 cm³/mol. The van der Waals surface area contributed by atoms with Crippen LogP contribution in [0.4, 0.5) is 5.69 Å². The summed E-state index contributed by atoms with van der Waals surface area (Å²) in [5, 5.41) is 0. The zero-order valence-corrected chi connectivity index (χ0v) is 11.0. The fraction of sp³-hybridized carbons (Fsp3) is 0.167. The molecule has 0 fully saturated rings. The molecular formula is C12H24N4O4. The minimum atomic E-state index is -0.953. The van der Waals surface area contributed by atoms with E-state index in [4.69, 9.17) is 22.9 Å². The van der Waals surface area contributed by atoms with Crippen molar-refractivity contribution in [2.24, 2.45) is 17.2 Å². The van der Waals surface area contributed by atoms with Gasteiger partial charge in [-0.1, -0.05) is 18.2 Å². The fourth-order valence-corrected chi connectivity index (χ4v) is 1.72. The van der Waals surface area contributed by atoms with Crippen molar-refractivity contribution in [3.63, 3.8) is 0 Å². The van der Waals surface area contributed by atoms with Gasteiger partial charge in [0.25, 0.3) is 0 Å². The number of hydrogen-bond acceptors (Lipinski definition) is 4. The van der Waals surface area contributed by atoms with Crippen molar-refractivity contribution in [3.8, 4) is 0 Å². The third-order valence-corrected chi connectivity index (χ3v) is 2.77. The topological polar surface area (TPSA) is 230 Å². The molecule has 0 heterocycles. The molecule has 16 N–H and O–H groups in total. The third-order valence-electron chi connectivity index (χ3n) is 2.77. The number of anilines is 1. The van der Waals surface area contributed by atoms with Crippen LogP contribution in [0.5, 0.6) is 0 Å². The zero-order valence-electron chi connectivity index (χ0n) is 11.0. The SMILES string of the molecule is NC1=CC=C(c2ccc(N)cc2)CC1(N)N.O.O.O.O. The van der Waals surface area contributed by atoms with Crippen LogP contribution in [0.15, 0.2) is 42.1 Å². The molecule has 1 aromatic rings. The molecule has 20 heavy (non-hydrogen) atoms. The van der Waals surface area contributed by atoms with Gasteiger partial charge in [-0.15, -0.1) is 0 Å². The Balaban J connectivity index is -0.000000722. The van der Waals surface area contributed by atoms with E-state index in [9.17, 15) is 0 Å². The number of nitrogens with two attached hydrogens (primary N) is 4. The Kier molecular flexibility index (Phi) is 9.59. The summed E-state index contributed by atoms with van der Waals surface area (Å²) >= 11 is 0. The molecular weight excluding hydrogens is 264 g/mol. The molecule has 0 saturated carbocycles. The van der Waals surface area contributed by atoms with Crippen molar-refractivity contribution in [2.45, 2.75) is 12.1 Å². The number of allylic oxidation sites excluding steroid dienone is 2. The molecule has 1 aliphatic carbocycles. The molecule has 2 rings (SSSR count). The summed E-state index contributed by atoms with van der Waals surface area (Å²) in [6.07, 6.45) is 4.23. The second kappa shape index (κ2) is 8.27. The summed E-state index contributed by atoms with van der Waals surface area (Å²) in [4.78, 5) is 0. The molecule has 0 spiro atoms. The zero-order chi connectivity index (χ0) is 11.8. The van der Waals surface area contributed by atoms with Crippen LogP contribution in [-0.4, -0.2) is 27.6 Å². The number of rotatable bonds is 1. The van der Waals surface area contributed by atoms with Gasteiger partial charge in [0.2, 0.25) is 0 Å². The van der Waals surface area contributed by atoms with E-state index < -0.39 is 5.66 Å². The number of nitrogen functional groups attached to an aromatic ring is 1. The third kappa shape index (κ3) is 4.63. The molecule has 0 unspecified atom stereocenters. The van der Waals surface area contributed by atoms with Crippen LogP contribution in [0, 0.1) is 0 Å². The Morgan fingerprint density at radius 2 is 1.30 bits per heavy atom. The lowest BCUT2D eigenvalue weighted by Gasteiger charge is -2.29. The normalized spacial score (nSPS) is 15.1. The lowest BCUT2D eigenvalue weighted by Crippen LogP contribution is -2.54. The van der Waals surface area contributed by atoms with Crippen LogP contribution < -0.4 is 22.9 Å². The average molecular weight is 288 g/mol. The van der Waals surface area contributed by atoms with Crippen LogP contribution in [0.25, 0.3) is 5.57 Å². The van der Waals surface area contributed by atoms with Gasteiger partial charge in [-0.3, -0.25) is 0 Å². The highest BCUT2D eigenvalue weighted by molar-refractivity contribution is 5.71.